The van der Waals surface area contributed by atoms with Gasteiger partial charge in [0, 0.05) is 38.8 Å². The summed E-state index contributed by atoms with van der Waals surface area (Å²) in [6, 6.07) is 7.55. The molecule has 0 bridgehead atoms. The van der Waals surface area contributed by atoms with E-state index in [1.54, 1.807) is 11.9 Å². The fourth-order valence-electron chi connectivity index (χ4n) is 4.22. The maximum atomic E-state index is 12.5. The van der Waals surface area contributed by atoms with Gasteiger partial charge in [-0.2, -0.15) is 0 Å². The standard InChI is InChI=1S/C22H33N5O2/c1-3-22(10-4-5-11-22)16-26-21(23-2)25-14-17-6-8-18(9-7-17)20(29)27-13-12-24-19(28)15-27/h6-9H,3-5,10-16H2,1-2H3,(H,24,28)(H2,23,25,26). The van der Waals surface area contributed by atoms with Crippen molar-refractivity contribution in [2.24, 2.45) is 10.4 Å². The summed E-state index contributed by atoms with van der Waals surface area (Å²) in [5.74, 6) is 0.606. The molecule has 1 saturated carbocycles. The van der Waals surface area contributed by atoms with E-state index in [1.165, 1.54) is 32.1 Å². The fraction of sp³-hybridized carbons (Fsp3) is 0.591. The Labute approximate surface area is 173 Å². The van der Waals surface area contributed by atoms with Crippen LogP contribution in [-0.4, -0.2) is 55.9 Å². The van der Waals surface area contributed by atoms with Crippen molar-refractivity contribution < 1.29 is 9.59 Å². The zero-order valence-corrected chi connectivity index (χ0v) is 17.6. The number of piperazine rings is 1. The molecule has 1 aromatic carbocycles. The highest BCUT2D eigenvalue weighted by Crippen LogP contribution is 2.40. The third-order valence-electron chi connectivity index (χ3n) is 6.26. The Morgan fingerprint density at radius 3 is 2.55 bits per heavy atom. The molecule has 0 spiro atoms. The molecule has 7 heteroatoms. The number of rotatable bonds is 6. The van der Waals surface area contributed by atoms with Crippen molar-refractivity contribution in [3.05, 3.63) is 35.4 Å². The molecule has 7 nitrogen and oxygen atoms in total. The van der Waals surface area contributed by atoms with Crippen molar-refractivity contribution in [2.75, 3.05) is 33.2 Å². The van der Waals surface area contributed by atoms with E-state index in [2.05, 4.69) is 27.9 Å². The van der Waals surface area contributed by atoms with E-state index < -0.39 is 0 Å². The Hall–Kier alpha value is -2.57. The first kappa shape index (κ1) is 21.1. The lowest BCUT2D eigenvalue weighted by molar-refractivity contribution is -0.123. The van der Waals surface area contributed by atoms with Crippen LogP contribution >= 0.6 is 0 Å². The minimum Gasteiger partial charge on any atom is -0.356 e. The van der Waals surface area contributed by atoms with Gasteiger partial charge >= 0.3 is 0 Å². The van der Waals surface area contributed by atoms with Crippen molar-refractivity contribution in [1.29, 1.82) is 0 Å². The minimum absolute atomic E-state index is 0.0988. The lowest BCUT2D eigenvalue weighted by atomic mass is 9.83. The van der Waals surface area contributed by atoms with Gasteiger partial charge in [-0.15, -0.1) is 0 Å². The summed E-state index contributed by atoms with van der Waals surface area (Å²) in [7, 11) is 1.79. The number of carbonyl (C=O) groups is 2. The van der Waals surface area contributed by atoms with Crippen LogP contribution in [0.1, 0.15) is 54.9 Å². The first-order chi connectivity index (χ1) is 14.0. The SMILES string of the molecule is CCC1(CNC(=NC)NCc2ccc(C(=O)N3CCNC(=O)C3)cc2)CCCC1. The Morgan fingerprint density at radius 2 is 1.93 bits per heavy atom. The van der Waals surface area contributed by atoms with E-state index in [0.29, 0.717) is 30.6 Å². The number of hydrogen-bond acceptors (Lipinski definition) is 3. The second-order valence-corrected chi connectivity index (χ2v) is 8.11. The van der Waals surface area contributed by atoms with Crippen molar-refractivity contribution in [3.8, 4) is 0 Å². The second kappa shape index (κ2) is 9.76. The maximum absolute atomic E-state index is 12.5. The molecular formula is C22H33N5O2. The number of nitrogens with zero attached hydrogens (tertiary/aromatic N) is 2. The van der Waals surface area contributed by atoms with Gasteiger partial charge in [0.15, 0.2) is 5.96 Å². The number of aliphatic imine (C=N–C) groups is 1. The van der Waals surface area contributed by atoms with Crippen molar-refractivity contribution in [2.45, 2.75) is 45.6 Å². The van der Waals surface area contributed by atoms with Crippen LogP contribution in [0.2, 0.25) is 0 Å². The largest absolute Gasteiger partial charge is 0.356 e. The van der Waals surface area contributed by atoms with Crippen LogP contribution in [-0.2, 0) is 11.3 Å². The Balaban J connectivity index is 1.50. The number of carbonyl (C=O) groups excluding carboxylic acids is 2. The van der Waals surface area contributed by atoms with E-state index in [4.69, 9.17) is 0 Å². The maximum Gasteiger partial charge on any atom is 0.254 e. The molecule has 2 aliphatic rings. The van der Waals surface area contributed by atoms with Gasteiger partial charge in [0.1, 0.15) is 0 Å². The first-order valence-electron chi connectivity index (χ1n) is 10.6. The third-order valence-corrected chi connectivity index (χ3v) is 6.26. The molecular weight excluding hydrogens is 366 g/mol. The zero-order chi connectivity index (χ0) is 20.7. The van der Waals surface area contributed by atoms with Crippen LogP contribution in [0.25, 0.3) is 0 Å². The summed E-state index contributed by atoms with van der Waals surface area (Å²) in [5.41, 5.74) is 2.09. The van der Waals surface area contributed by atoms with Gasteiger partial charge in [-0.3, -0.25) is 14.6 Å². The molecule has 1 aliphatic carbocycles. The molecule has 1 aliphatic heterocycles. The molecule has 1 aromatic rings. The van der Waals surface area contributed by atoms with Gasteiger partial charge in [0.05, 0.1) is 6.54 Å². The molecule has 2 fully saturated rings. The fourth-order valence-corrected chi connectivity index (χ4v) is 4.22. The summed E-state index contributed by atoms with van der Waals surface area (Å²) >= 11 is 0. The highest BCUT2D eigenvalue weighted by molar-refractivity contribution is 5.97. The zero-order valence-electron chi connectivity index (χ0n) is 17.6. The predicted octanol–water partition coefficient (Wildman–Crippen LogP) is 1.89. The van der Waals surface area contributed by atoms with Crippen LogP contribution in [0.5, 0.6) is 0 Å². The average molecular weight is 400 g/mol. The van der Waals surface area contributed by atoms with Crippen molar-refractivity contribution >= 4 is 17.8 Å². The molecule has 0 atom stereocenters. The van der Waals surface area contributed by atoms with Gasteiger partial charge in [0.25, 0.3) is 5.91 Å². The van der Waals surface area contributed by atoms with E-state index in [-0.39, 0.29) is 18.4 Å². The summed E-state index contributed by atoms with van der Waals surface area (Å²) in [5, 5.41) is 9.59. The lowest BCUT2D eigenvalue weighted by Crippen LogP contribution is -2.49. The van der Waals surface area contributed by atoms with E-state index in [9.17, 15) is 9.59 Å². The van der Waals surface area contributed by atoms with Crippen molar-refractivity contribution in [3.63, 3.8) is 0 Å². The monoisotopic (exact) mass is 399 g/mol. The number of benzene rings is 1. The summed E-state index contributed by atoms with van der Waals surface area (Å²) in [6.45, 7) is 5.07. The second-order valence-electron chi connectivity index (χ2n) is 8.11. The molecule has 2 amide bonds. The van der Waals surface area contributed by atoms with Gasteiger partial charge in [-0.1, -0.05) is 31.9 Å². The van der Waals surface area contributed by atoms with Crippen LogP contribution in [0.3, 0.4) is 0 Å². The van der Waals surface area contributed by atoms with Crippen LogP contribution in [0.15, 0.2) is 29.3 Å². The van der Waals surface area contributed by atoms with Crippen LogP contribution in [0, 0.1) is 5.41 Å². The van der Waals surface area contributed by atoms with Gasteiger partial charge < -0.3 is 20.9 Å². The Morgan fingerprint density at radius 1 is 1.21 bits per heavy atom. The quantitative estimate of drug-likeness (QED) is 0.504. The molecule has 1 heterocycles. The predicted molar refractivity (Wildman–Crippen MR) is 115 cm³/mol. The highest BCUT2D eigenvalue weighted by Gasteiger charge is 2.31. The summed E-state index contributed by atoms with van der Waals surface area (Å²) < 4.78 is 0. The smallest absolute Gasteiger partial charge is 0.254 e. The molecule has 1 saturated heterocycles. The molecule has 0 aromatic heterocycles. The summed E-state index contributed by atoms with van der Waals surface area (Å²) in [6.07, 6.45) is 6.44. The number of amides is 2. The summed E-state index contributed by atoms with van der Waals surface area (Å²) in [4.78, 5) is 30.0. The minimum atomic E-state index is -0.105. The van der Waals surface area contributed by atoms with Gasteiger partial charge in [-0.05, 0) is 42.4 Å². The first-order valence-corrected chi connectivity index (χ1v) is 10.6. The van der Waals surface area contributed by atoms with Gasteiger partial charge in [-0.25, -0.2) is 0 Å². The Bertz CT molecular complexity index is 738. The average Bonchev–Trinajstić information content (AvgIpc) is 3.23. The molecule has 29 heavy (non-hydrogen) atoms. The molecule has 3 rings (SSSR count). The molecule has 3 N–H and O–H groups in total. The molecule has 0 unspecified atom stereocenters. The van der Waals surface area contributed by atoms with E-state index in [0.717, 1.165) is 18.1 Å². The van der Waals surface area contributed by atoms with Crippen LogP contribution in [0.4, 0.5) is 0 Å². The van der Waals surface area contributed by atoms with Crippen LogP contribution < -0.4 is 16.0 Å². The van der Waals surface area contributed by atoms with Gasteiger partial charge in [0.2, 0.25) is 5.91 Å². The topological polar surface area (TPSA) is 85.8 Å². The number of hydrogen-bond donors (Lipinski definition) is 3. The molecule has 0 radical (unpaired) electrons. The lowest BCUT2D eigenvalue weighted by Gasteiger charge is -2.28. The van der Waals surface area contributed by atoms with E-state index >= 15 is 0 Å². The van der Waals surface area contributed by atoms with E-state index in [1.807, 2.05) is 24.3 Å². The number of nitrogens with one attached hydrogen (secondary N) is 3. The normalized spacial score (nSPS) is 19.0. The number of guanidine groups is 1. The highest BCUT2D eigenvalue weighted by atomic mass is 16.2. The third kappa shape index (κ3) is 5.49. The Kier molecular flexibility index (Phi) is 7.12. The van der Waals surface area contributed by atoms with Crippen molar-refractivity contribution in [1.82, 2.24) is 20.9 Å². The molecule has 158 valence electrons.